The van der Waals surface area contributed by atoms with Crippen LogP contribution in [0.15, 0.2) is 34.1 Å². The molecule has 0 bridgehead atoms. The predicted octanol–water partition coefficient (Wildman–Crippen LogP) is 0.401. The van der Waals surface area contributed by atoms with Gasteiger partial charge < -0.3 is 4.98 Å². The molecule has 2 aromatic heterocycles. The molecular formula is C15H16N4O4S. The summed E-state index contributed by atoms with van der Waals surface area (Å²) in [7, 11) is -1.74. The summed E-state index contributed by atoms with van der Waals surface area (Å²) in [6, 6.07) is 3.35. The molecule has 8 nitrogen and oxygen atoms in total. The van der Waals surface area contributed by atoms with Gasteiger partial charge in [0, 0.05) is 25.1 Å². The maximum atomic E-state index is 12.6. The van der Waals surface area contributed by atoms with Crippen molar-refractivity contribution >= 4 is 20.7 Å². The number of rotatable bonds is 3. The molecular weight excluding hydrogens is 332 g/mol. The van der Waals surface area contributed by atoms with Crippen molar-refractivity contribution in [2.75, 3.05) is 6.26 Å². The van der Waals surface area contributed by atoms with E-state index in [4.69, 9.17) is 0 Å². The van der Waals surface area contributed by atoms with Crippen LogP contribution < -0.4 is 11.2 Å². The minimum Gasteiger partial charge on any atom is -0.307 e. The summed E-state index contributed by atoms with van der Waals surface area (Å²) in [6.45, 7) is 1.86. The largest absolute Gasteiger partial charge is 0.329 e. The lowest BCUT2D eigenvalue weighted by Crippen LogP contribution is -2.37. The molecule has 0 radical (unpaired) electrons. The van der Waals surface area contributed by atoms with Gasteiger partial charge in [0.15, 0.2) is 9.84 Å². The number of H-pyrrole nitrogens is 1. The Hall–Kier alpha value is -2.68. The maximum Gasteiger partial charge on any atom is 0.329 e. The van der Waals surface area contributed by atoms with E-state index in [1.165, 1.54) is 0 Å². The molecule has 1 N–H and O–H groups in total. The standard InChI is InChI=1S/C15H16N4O4S/c1-9-4-13-12(5-11(9)10-6-16-18(2)7-10)14(20)19(15(21)17-13)8-24(3,22)23/h4-7H,8H2,1-3H3,(H,17,21). The van der Waals surface area contributed by atoms with Crippen molar-refractivity contribution in [2.45, 2.75) is 12.8 Å². The van der Waals surface area contributed by atoms with Gasteiger partial charge in [0.25, 0.3) is 5.56 Å². The van der Waals surface area contributed by atoms with Gasteiger partial charge in [-0.05, 0) is 30.2 Å². The summed E-state index contributed by atoms with van der Waals surface area (Å²) in [6.07, 6.45) is 4.46. The van der Waals surface area contributed by atoms with Gasteiger partial charge in [-0.25, -0.2) is 17.8 Å². The Balaban J connectivity index is 2.32. The average Bonchev–Trinajstić information content (AvgIpc) is 2.88. The minimum atomic E-state index is -3.53. The quantitative estimate of drug-likeness (QED) is 0.737. The zero-order valence-corrected chi connectivity index (χ0v) is 14.2. The van der Waals surface area contributed by atoms with Crippen molar-refractivity contribution in [3.8, 4) is 11.1 Å². The molecule has 0 aliphatic carbocycles. The molecule has 2 heterocycles. The summed E-state index contributed by atoms with van der Waals surface area (Å²) < 4.78 is 25.3. The molecule has 0 saturated heterocycles. The molecule has 24 heavy (non-hydrogen) atoms. The number of sulfone groups is 1. The van der Waals surface area contributed by atoms with Gasteiger partial charge in [0.1, 0.15) is 5.88 Å². The fourth-order valence-electron chi connectivity index (χ4n) is 2.63. The van der Waals surface area contributed by atoms with Gasteiger partial charge in [-0.2, -0.15) is 5.10 Å². The van der Waals surface area contributed by atoms with Crippen LogP contribution in [0, 0.1) is 6.92 Å². The summed E-state index contributed by atoms with van der Waals surface area (Å²) >= 11 is 0. The second-order valence-electron chi connectivity index (χ2n) is 5.83. The lowest BCUT2D eigenvalue weighted by Gasteiger charge is -2.09. The van der Waals surface area contributed by atoms with Crippen LogP contribution in [-0.2, 0) is 22.8 Å². The van der Waals surface area contributed by atoms with Crippen LogP contribution in [0.4, 0.5) is 0 Å². The summed E-state index contributed by atoms with van der Waals surface area (Å²) in [5.41, 5.74) is 1.49. The number of aromatic amines is 1. The van der Waals surface area contributed by atoms with Crippen LogP contribution in [0.2, 0.25) is 0 Å². The number of hydrogen-bond acceptors (Lipinski definition) is 5. The number of aromatic nitrogens is 4. The van der Waals surface area contributed by atoms with Crippen LogP contribution in [-0.4, -0.2) is 34.0 Å². The number of nitrogens with one attached hydrogen (secondary N) is 1. The molecule has 0 saturated carbocycles. The second-order valence-corrected chi connectivity index (χ2v) is 7.94. The van der Waals surface area contributed by atoms with E-state index in [0.29, 0.717) is 10.1 Å². The van der Waals surface area contributed by atoms with Gasteiger partial charge in [0.05, 0.1) is 17.1 Å². The SMILES string of the molecule is Cc1cc2[nH]c(=O)n(CS(C)(=O)=O)c(=O)c2cc1-c1cnn(C)c1. The summed E-state index contributed by atoms with van der Waals surface area (Å²) in [5.74, 6) is -0.660. The number of hydrogen-bond donors (Lipinski definition) is 1. The van der Waals surface area contributed by atoms with Crippen molar-refractivity contribution < 1.29 is 8.42 Å². The normalized spacial score (nSPS) is 12.0. The van der Waals surface area contributed by atoms with Gasteiger partial charge in [0.2, 0.25) is 0 Å². The molecule has 0 amide bonds. The average molecular weight is 348 g/mol. The molecule has 0 fully saturated rings. The van der Waals surface area contributed by atoms with Crippen LogP contribution in [0.3, 0.4) is 0 Å². The van der Waals surface area contributed by atoms with Gasteiger partial charge in [-0.15, -0.1) is 0 Å². The number of benzene rings is 1. The van der Waals surface area contributed by atoms with E-state index in [1.54, 1.807) is 30.1 Å². The fraction of sp³-hybridized carbons (Fsp3) is 0.267. The van der Waals surface area contributed by atoms with Crippen molar-refractivity contribution in [2.24, 2.45) is 7.05 Å². The first-order chi connectivity index (χ1) is 11.2. The van der Waals surface area contributed by atoms with Gasteiger partial charge in [-0.1, -0.05) is 0 Å². The Morgan fingerprint density at radius 2 is 1.96 bits per heavy atom. The van der Waals surface area contributed by atoms with E-state index in [9.17, 15) is 18.0 Å². The minimum absolute atomic E-state index is 0.253. The highest BCUT2D eigenvalue weighted by Gasteiger charge is 2.14. The van der Waals surface area contributed by atoms with Crippen molar-refractivity contribution in [1.82, 2.24) is 19.3 Å². The Labute approximate surface area is 137 Å². The third kappa shape index (κ3) is 2.90. The third-order valence-corrected chi connectivity index (χ3v) is 4.43. The monoisotopic (exact) mass is 348 g/mol. The van der Waals surface area contributed by atoms with Crippen molar-refractivity contribution in [3.63, 3.8) is 0 Å². The molecule has 3 aromatic rings. The highest BCUT2D eigenvalue weighted by atomic mass is 32.2. The van der Waals surface area contributed by atoms with Crippen molar-refractivity contribution in [1.29, 1.82) is 0 Å². The summed E-state index contributed by atoms with van der Waals surface area (Å²) in [5, 5.41) is 4.37. The first-order valence-corrected chi connectivity index (χ1v) is 9.16. The van der Waals surface area contributed by atoms with E-state index in [0.717, 1.165) is 22.9 Å². The predicted molar refractivity (Wildman–Crippen MR) is 90.6 cm³/mol. The Kier molecular flexibility index (Phi) is 3.67. The van der Waals surface area contributed by atoms with E-state index in [2.05, 4.69) is 10.1 Å². The van der Waals surface area contributed by atoms with Crippen LogP contribution >= 0.6 is 0 Å². The van der Waals surface area contributed by atoms with Crippen LogP contribution in [0.1, 0.15) is 5.56 Å². The van der Waals surface area contributed by atoms with Crippen LogP contribution in [0.25, 0.3) is 22.0 Å². The summed E-state index contributed by atoms with van der Waals surface area (Å²) in [4.78, 5) is 27.2. The van der Waals surface area contributed by atoms with Crippen LogP contribution in [0.5, 0.6) is 0 Å². The fourth-order valence-corrected chi connectivity index (χ4v) is 3.34. The molecule has 0 aliphatic heterocycles. The lowest BCUT2D eigenvalue weighted by atomic mass is 10.0. The number of aryl methyl sites for hydroxylation is 2. The molecule has 1 aromatic carbocycles. The molecule has 126 valence electrons. The zero-order chi connectivity index (χ0) is 17.6. The molecule has 0 atom stereocenters. The Morgan fingerprint density at radius 1 is 1.25 bits per heavy atom. The maximum absolute atomic E-state index is 12.6. The van der Waals surface area contributed by atoms with Crippen molar-refractivity contribution in [3.05, 3.63) is 50.9 Å². The van der Waals surface area contributed by atoms with E-state index in [1.807, 2.05) is 13.1 Å². The molecule has 0 aliphatic rings. The van der Waals surface area contributed by atoms with Gasteiger partial charge >= 0.3 is 5.69 Å². The first-order valence-electron chi connectivity index (χ1n) is 7.10. The highest BCUT2D eigenvalue weighted by molar-refractivity contribution is 7.89. The topological polar surface area (TPSA) is 107 Å². The highest BCUT2D eigenvalue weighted by Crippen LogP contribution is 2.25. The van der Waals surface area contributed by atoms with E-state index >= 15 is 0 Å². The van der Waals surface area contributed by atoms with Gasteiger partial charge in [-0.3, -0.25) is 9.48 Å². The smallest absolute Gasteiger partial charge is 0.307 e. The molecule has 3 rings (SSSR count). The number of nitrogens with zero attached hydrogens (tertiary/aromatic N) is 3. The second kappa shape index (κ2) is 5.45. The zero-order valence-electron chi connectivity index (χ0n) is 13.4. The Bertz CT molecular complexity index is 1170. The molecule has 9 heteroatoms. The molecule has 0 spiro atoms. The third-order valence-electron chi connectivity index (χ3n) is 3.71. The first kappa shape index (κ1) is 16.2. The lowest BCUT2D eigenvalue weighted by molar-refractivity contribution is 0.584. The molecule has 0 unspecified atom stereocenters. The van der Waals surface area contributed by atoms with E-state index < -0.39 is 27.0 Å². The number of fused-ring (bicyclic) bond motifs is 1. The Morgan fingerprint density at radius 3 is 2.54 bits per heavy atom. The van der Waals surface area contributed by atoms with E-state index in [-0.39, 0.29) is 5.39 Å².